The van der Waals surface area contributed by atoms with Crippen molar-refractivity contribution in [3.8, 4) is 5.75 Å². The first-order valence-electron chi connectivity index (χ1n) is 8.99. The zero-order valence-corrected chi connectivity index (χ0v) is 14.3. The molecular weight excluding hydrogens is 316 g/mol. The van der Waals surface area contributed by atoms with Crippen LogP contribution in [0.2, 0.25) is 0 Å². The highest BCUT2D eigenvalue weighted by Gasteiger charge is 2.30. The maximum absolute atomic E-state index is 5.80. The van der Waals surface area contributed by atoms with Crippen LogP contribution in [0.5, 0.6) is 5.75 Å². The molecule has 2 aliphatic heterocycles. The summed E-state index contributed by atoms with van der Waals surface area (Å²) in [5.41, 5.74) is 1.16. The fourth-order valence-corrected chi connectivity index (χ4v) is 3.44. The lowest BCUT2D eigenvalue weighted by atomic mass is 9.96. The van der Waals surface area contributed by atoms with Gasteiger partial charge in [0.25, 0.3) is 0 Å². The second-order valence-electron chi connectivity index (χ2n) is 6.56. The van der Waals surface area contributed by atoms with Crippen LogP contribution in [0.4, 0.5) is 5.82 Å². The molecule has 0 atom stereocenters. The molecule has 2 fully saturated rings. The Labute approximate surface area is 148 Å². The number of piperidine rings is 1. The van der Waals surface area contributed by atoms with Crippen molar-refractivity contribution in [1.29, 1.82) is 0 Å². The smallest absolute Gasteiger partial charge is 0.160 e. The lowest BCUT2D eigenvalue weighted by molar-refractivity contribution is -0.0889. The summed E-state index contributed by atoms with van der Waals surface area (Å²) < 4.78 is 17.1. The number of pyridine rings is 1. The van der Waals surface area contributed by atoms with Crippen molar-refractivity contribution in [3.05, 3.63) is 54.2 Å². The molecule has 5 heteroatoms. The molecule has 0 amide bonds. The van der Waals surface area contributed by atoms with Gasteiger partial charge in [-0.3, -0.25) is 0 Å². The molecule has 25 heavy (non-hydrogen) atoms. The molecule has 0 saturated carbocycles. The number of rotatable bonds is 5. The number of benzene rings is 1. The van der Waals surface area contributed by atoms with Gasteiger partial charge in [0.05, 0.1) is 19.4 Å². The summed E-state index contributed by atoms with van der Waals surface area (Å²) in [6, 6.07) is 14.2. The van der Waals surface area contributed by atoms with Gasteiger partial charge in [-0.15, -0.1) is 0 Å². The van der Waals surface area contributed by atoms with Crippen LogP contribution in [0, 0.1) is 5.92 Å². The van der Waals surface area contributed by atoms with Crippen molar-refractivity contribution < 1.29 is 14.2 Å². The predicted molar refractivity (Wildman–Crippen MR) is 95.6 cm³/mol. The van der Waals surface area contributed by atoms with E-state index < -0.39 is 0 Å². The molecule has 5 nitrogen and oxygen atoms in total. The lowest BCUT2D eigenvalue weighted by Crippen LogP contribution is -2.38. The molecule has 2 aromatic rings. The van der Waals surface area contributed by atoms with Crippen LogP contribution >= 0.6 is 0 Å². The number of anilines is 1. The number of ether oxygens (including phenoxy) is 3. The fraction of sp³-hybridized carbons (Fsp3) is 0.450. The Morgan fingerprint density at radius 3 is 2.44 bits per heavy atom. The standard InChI is InChI=1S/C20H24N2O3/c1-2-4-16(5-3-1)15-25-18-6-7-19(21-14-18)22-10-8-17(9-11-22)20-23-12-13-24-20/h1-7,14,17,20H,8-13,15H2. The topological polar surface area (TPSA) is 43.8 Å². The summed E-state index contributed by atoms with van der Waals surface area (Å²) in [4.78, 5) is 6.90. The van der Waals surface area contributed by atoms with Gasteiger partial charge in [0.1, 0.15) is 18.2 Å². The Morgan fingerprint density at radius 2 is 1.76 bits per heavy atom. The van der Waals surface area contributed by atoms with Gasteiger partial charge in [-0.25, -0.2) is 4.98 Å². The van der Waals surface area contributed by atoms with Crippen LogP contribution < -0.4 is 9.64 Å². The predicted octanol–water partition coefficient (Wildman–Crippen LogP) is 3.25. The van der Waals surface area contributed by atoms with Crippen molar-refractivity contribution in [2.45, 2.75) is 25.7 Å². The van der Waals surface area contributed by atoms with E-state index in [4.69, 9.17) is 14.2 Å². The highest BCUT2D eigenvalue weighted by Crippen LogP contribution is 2.28. The summed E-state index contributed by atoms with van der Waals surface area (Å²) in [6.45, 7) is 4.01. The fourth-order valence-electron chi connectivity index (χ4n) is 3.44. The first-order valence-corrected chi connectivity index (χ1v) is 8.99. The molecule has 0 radical (unpaired) electrons. The lowest BCUT2D eigenvalue weighted by Gasteiger charge is -2.34. The Hall–Kier alpha value is -2.11. The molecule has 1 aromatic carbocycles. The molecule has 1 aromatic heterocycles. The van der Waals surface area contributed by atoms with Crippen molar-refractivity contribution in [2.75, 3.05) is 31.2 Å². The zero-order chi connectivity index (χ0) is 16.9. The third-order valence-corrected chi connectivity index (χ3v) is 4.87. The zero-order valence-electron chi connectivity index (χ0n) is 14.3. The number of nitrogens with zero attached hydrogens (tertiary/aromatic N) is 2. The van der Waals surface area contributed by atoms with Crippen LogP contribution in [0.25, 0.3) is 0 Å². The van der Waals surface area contributed by atoms with Gasteiger partial charge in [-0.05, 0) is 30.5 Å². The monoisotopic (exact) mass is 340 g/mol. The van der Waals surface area contributed by atoms with Crippen LogP contribution in [0.3, 0.4) is 0 Å². The molecule has 0 aliphatic carbocycles. The van der Waals surface area contributed by atoms with E-state index in [0.717, 1.165) is 56.3 Å². The Balaban J connectivity index is 1.28. The second kappa shape index (κ2) is 7.85. The quantitative estimate of drug-likeness (QED) is 0.836. The van der Waals surface area contributed by atoms with Gasteiger partial charge < -0.3 is 19.1 Å². The summed E-state index contributed by atoms with van der Waals surface area (Å²) in [6.07, 6.45) is 3.98. The van der Waals surface area contributed by atoms with E-state index in [2.05, 4.69) is 22.0 Å². The summed E-state index contributed by atoms with van der Waals surface area (Å²) in [5, 5.41) is 0. The van der Waals surface area contributed by atoms with Gasteiger partial charge in [-0.1, -0.05) is 30.3 Å². The van der Waals surface area contributed by atoms with Gasteiger partial charge in [-0.2, -0.15) is 0 Å². The van der Waals surface area contributed by atoms with Crippen LogP contribution in [0.15, 0.2) is 48.7 Å². The molecule has 0 bridgehead atoms. The first kappa shape index (κ1) is 16.4. The third kappa shape index (κ3) is 4.11. The highest BCUT2D eigenvalue weighted by atomic mass is 16.7. The van der Waals surface area contributed by atoms with E-state index in [1.165, 1.54) is 0 Å². The van der Waals surface area contributed by atoms with Gasteiger partial charge in [0.2, 0.25) is 0 Å². The Morgan fingerprint density at radius 1 is 1.00 bits per heavy atom. The number of aromatic nitrogens is 1. The molecular formula is C20H24N2O3. The molecule has 2 aliphatic rings. The third-order valence-electron chi connectivity index (χ3n) is 4.87. The van der Waals surface area contributed by atoms with Gasteiger partial charge >= 0.3 is 0 Å². The maximum Gasteiger partial charge on any atom is 0.160 e. The molecule has 0 N–H and O–H groups in total. The normalized spacial score (nSPS) is 19.3. The summed E-state index contributed by atoms with van der Waals surface area (Å²) >= 11 is 0. The van der Waals surface area contributed by atoms with E-state index in [1.54, 1.807) is 0 Å². The Bertz CT molecular complexity index is 648. The van der Waals surface area contributed by atoms with Crippen LogP contribution in [-0.2, 0) is 16.1 Å². The minimum Gasteiger partial charge on any atom is -0.487 e. The summed E-state index contributed by atoms with van der Waals surface area (Å²) in [5.74, 6) is 2.32. The average Bonchev–Trinajstić information content (AvgIpc) is 3.23. The van der Waals surface area contributed by atoms with E-state index in [-0.39, 0.29) is 6.29 Å². The number of hydrogen-bond donors (Lipinski definition) is 0. The van der Waals surface area contributed by atoms with Crippen LogP contribution in [-0.4, -0.2) is 37.6 Å². The minimum atomic E-state index is 0.00358. The molecule has 0 spiro atoms. The molecule has 0 unspecified atom stereocenters. The van der Waals surface area contributed by atoms with Crippen molar-refractivity contribution in [3.63, 3.8) is 0 Å². The molecule has 132 valence electrons. The molecule has 2 saturated heterocycles. The average molecular weight is 340 g/mol. The molecule has 4 rings (SSSR count). The van der Waals surface area contributed by atoms with Crippen molar-refractivity contribution >= 4 is 5.82 Å². The minimum absolute atomic E-state index is 0.00358. The van der Waals surface area contributed by atoms with E-state index in [1.807, 2.05) is 36.5 Å². The first-order chi connectivity index (χ1) is 12.4. The maximum atomic E-state index is 5.80. The Kier molecular flexibility index (Phi) is 5.14. The van der Waals surface area contributed by atoms with Crippen LogP contribution in [0.1, 0.15) is 18.4 Å². The van der Waals surface area contributed by atoms with Gasteiger partial charge in [0.15, 0.2) is 6.29 Å². The summed E-state index contributed by atoms with van der Waals surface area (Å²) in [7, 11) is 0. The van der Waals surface area contributed by atoms with E-state index in [0.29, 0.717) is 12.5 Å². The van der Waals surface area contributed by atoms with Crippen molar-refractivity contribution in [2.24, 2.45) is 5.92 Å². The highest BCUT2D eigenvalue weighted by molar-refractivity contribution is 5.41. The SMILES string of the molecule is c1ccc(COc2ccc(N3CCC(C4OCCO4)CC3)nc2)cc1. The molecule has 3 heterocycles. The van der Waals surface area contributed by atoms with Gasteiger partial charge in [0, 0.05) is 19.0 Å². The number of hydrogen-bond acceptors (Lipinski definition) is 5. The van der Waals surface area contributed by atoms with E-state index >= 15 is 0 Å². The second-order valence-corrected chi connectivity index (χ2v) is 6.56. The largest absolute Gasteiger partial charge is 0.487 e. The van der Waals surface area contributed by atoms with E-state index in [9.17, 15) is 0 Å². The van der Waals surface area contributed by atoms with Crippen molar-refractivity contribution in [1.82, 2.24) is 4.98 Å².